The van der Waals surface area contributed by atoms with Gasteiger partial charge in [0.25, 0.3) is 0 Å². The second-order valence-corrected chi connectivity index (χ2v) is 8.72. The number of amides is 2. The molecule has 1 saturated carbocycles. The van der Waals surface area contributed by atoms with Crippen molar-refractivity contribution in [3.63, 3.8) is 0 Å². The first kappa shape index (κ1) is 21.7. The molecule has 1 aromatic carbocycles. The molecule has 1 aliphatic carbocycles. The third-order valence-corrected chi connectivity index (χ3v) is 6.56. The molecule has 170 valence electrons. The Morgan fingerprint density at radius 2 is 1.97 bits per heavy atom. The van der Waals surface area contributed by atoms with Crippen LogP contribution < -0.4 is 10.1 Å². The number of ether oxygens (including phenoxy) is 2. The minimum Gasteiger partial charge on any atom is -0.487 e. The van der Waals surface area contributed by atoms with Crippen molar-refractivity contribution in [2.24, 2.45) is 11.8 Å². The smallest absolute Gasteiger partial charge is 0.416 e. The van der Waals surface area contributed by atoms with E-state index in [4.69, 9.17) is 9.47 Å². The quantitative estimate of drug-likeness (QED) is 0.719. The fourth-order valence-corrected chi connectivity index (χ4v) is 4.69. The lowest BCUT2D eigenvalue weighted by molar-refractivity contribution is -0.143. The molecular formula is C21H24F4N2O4. The van der Waals surface area contributed by atoms with E-state index in [1.54, 1.807) is 11.8 Å². The van der Waals surface area contributed by atoms with Gasteiger partial charge in [0.1, 0.15) is 6.61 Å². The summed E-state index contributed by atoms with van der Waals surface area (Å²) < 4.78 is 62.6. The summed E-state index contributed by atoms with van der Waals surface area (Å²) in [5.41, 5.74) is -1.46. The average molecular weight is 444 g/mol. The molecule has 1 unspecified atom stereocenters. The van der Waals surface area contributed by atoms with Crippen LogP contribution in [0.25, 0.3) is 0 Å². The predicted octanol–water partition coefficient (Wildman–Crippen LogP) is 3.74. The molecule has 6 nitrogen and oxygen atoms in total. The van der Waals surface area contributed by atoms with Crippen molar-refractivity contribution in [3.8, 4) is 5.75 Å². The average Bonchev–Trinajstić information content (AvgIpc) is 3.09. The third-order valence-electron chi connectivity index (χ3n) is 6.56. The van der Waals surface area contributed by atoms with Crippen LogP contribution in [0, 0.1) is 17.7 Å². The summed E-state index contributed by atoms with van der Waals surface area (Å²) in [6.07, 6.45) is -2.99. The van der Waals surface area contributed by atoms with Crippen LogP contribution in [0.3, 0.4) is 0 Å². The van der Waals surface area contributed by atoms with Crippen LogP contribution in [0.1, 0.15) is 38.2 Å². The van der Waals surface area contributed by atoms with Crippen molar-refractivity contribution >= 4 is 12.0 Å². The zero-order chi connectivity index (χ0) is 22.4. The van der Waals surface area contributed by atoms with Crippen LogP contribution in [0.15, 0.2) is 18.2 Å². The Balaban J connectivity index is 1.26. The van der Waals surface area contributed by atoms with Gasteiger partial charge in [0.05, 0.1) is 17.2 Å². The first-order valence-electron chi connectivity index (χ1n) is 10.3. The number of halogens is 4. The molecule has 3 aliphatic rings. The van der Waals surface area contributed by atoms with Gasteiger partial charge in [-0.3, -0.25) is 4.79 Å². The number of rotatable bonds is 4. The molecule has 2 heterocycles. The molecule has 2 saturated heterocycles. The Morgan fingerprint density at radius 1 is 1.29 bits per heavy atom. The summed E-state index contributed by atoms with van der Waals surface area (Å²) in [7, 11) is 0. The molecule has 2 amide bonds. The molecule has 31 heavy (non-hydrogen) atoms. The number of nitrogens with zero attached hydrogens (tertiary/aromatic N) is 1. The van der Waals surface area contributed by atoms with E-state index in [1.807, 2.05) is 0 Å². The van der Waals surface area contributed by atoms with Gasteiger partial charge in [0.15, 0.2) is 11.6 Å². The molecule has 10 heteroatoms. The Kier molecular flexibility index (Phi) is 5.51. The molecule has 1 N–H and O–H groups in total. The summed E-state index contributed by atoms with van der Waals surface area (Å²) in [5, 5.41) is 2.77. The molecule has 2 aliphatic heterocycles. The number of benzene rings is 1. The maximum absolute atomic E-state index is 14.0. The topological polar surface area (TPSA) is 67.9 Å². The predicted molar refractivity (Wildman–Crippen MR) is 101 cm³/mol. The summed E-state index contributed by atoms with van der Waals surface area (Å²) >= 11 is 0. The van der Waals surface area contributed by atoms with Gasteiger partial charge in [-0.1, -0.05) is 0 Å². The number of alkyl halides is 3. The normalized spacial score (nSPS) is 27.5. The lowest BCUT2D eigenvalue weighted by Gasteiger charge is -2.45. The number of cyclic esters (lactones) is 1. The number of carbonyl (C=O) groups excluding carboxylic acids is 2. The minimum atomic E-state index is -4.61. The van der Waals surface area contributed by atoms with E-state index in [-0.39, 0.29) is 23.5 Å². The Morgan fingerprint density at radius 3 is 2.52 bits per heavy atom. The van der Waals surface area contributed by atoms with E-state index in [2.05, 4.69) is 5.32 Å². The molecule has 4 rings (SSSR count). The zero-order valence-electron chi connectivity index (χ0n) is 17.0. The molecule has 3 fully saturated rings. The zero-order valence-corrected chi connectivity index (χ0v) is 17.0. The first-order valence-corrected chi connectivity index (χ1v) is 10.3. The summed E-state index contributed by atoms with van der Waals surface area (Å²) in [4.78, 5) is 25.8. The summed E-state index contributed by atoms with van der Waals surface area (Å²) in [5.74, 6) is -1.27. The van der Waals surface area contributed by atoms with Gasteiger partial charge in [0, 0.05) is 19.0 Å². The summed E-state index contributed by atoms with van der Waals surface area (Å²) in [6, 6.07) is 2.24. The van der Waals surface area contributed by atoms with Gasteiger partial charge < -0.3 is 19.7 Å². The van der Waals surface area contributed by atoms with E-state index < -0.39 is 35.3 Å². The second-order valence-electron chi connectivity index (χ2n) is 8.72. The fourth-order valence-electron chi connectivity index (χ4n) is 4.69. The van der Waals surface area contributed by atoms with Gasteiger partial charge in [-0.15, -0.1) is 0 Å². The minimum absolute atomic E-state index is 0.0565. The highest BCUT2D eigenvalue weighted by molar-refractivity contribution is 5.81. The molecule has 1 spiro atoms. The van der Waals surface area contributed by atoms with E-state index in [9.17, 15) is 27.2 Å². The lowest BCUT2D eigenvalue weighted by Crippen LogP contribution is -2.58. The fraction of sp³-hybridized carbons (Fsp3) is 0.619. The molecule has 1 aromatic rings. The molecule has 0 bridgehead atoms. The van der Waals surface area contributed by atoms with E-state index >= 15 is 0 Å². The number of hydrogen-bond acceptors (Lipinski definition) is 4. The van der Waals surface area contributed by atoms with E-state index in [0.29, 0.717) is 51.4 Å². The number of alkyl carbamates (subject to hydrolysis) is 1. The largest absolute Gasteiger partial charge is 0.487 e. The monoisotopic (exact) mass is 444 g/mol. The van der Waals surface area contributed by atoms with Crippen LogP contribution in [-0.2, 0) is 15.7 Å². The maximum Gasteiger partial charge on any atom is 0.416 e. The van der Waals surface area contributed by atoms with Crippen LogP contribution in [0.5, 0.6) is 5.75 Å². The molecule has 0 radical (unpaired) electrons. The van der Waals surface area contributed by atoms with Gasteiger partial charge >= 0.3 is 12.3 Å². The lowest BCUT2D eigenvalue weighted by atomic mass is 9.68. The van der Waals surface area contributed by atoms with Crippen molar-refractivity contribution in [2.45, 2.75) is 50.4 Å². The van der Waals surface area contributed by atoms with E-state index in [0.717, 1.165) is 12.1 Å². The van der Waals surface area contributed by atoms with Crippen molar-refractivity contribution < 1.29 is 36.6 Å². The highest BCUT2D eigenvalue weighted by atomic mass is 19.4. The number of likely N-dealkylation sites (tertiary alicyclic amines) is 1. The number of carbonyl (C=O) groups is 2. The molecular weight excluding hydrogens is 420 g/mol. The van der Waals surface area contributed by atoms with Crippen LogP contribution in [0.4, 0.5) is 22.4 Å². The van der Waals surface area contributed by atoms with Gasteiger partial charge in [-0.25, -0.2) is 9.18 Å². The van der Waals surface area contributed by atoms with Crippen molar-refractivity contribution in [3.05, 3.63) is 29.6 Å². The Labute approximate surface area is 176 Å². The Bertz CT molecular complexity index is 861. The summed E-state index contributed by atoms with van der Waals surface area (Å²) in [6.45, 7) is 3.14. The molecule has 1 atom stereocenters. The highest BCUT2D eigenvalue weighted by Gasteiger charge is 2.53. The van der Waals surface area contributed by atoms with Crippen LogP contribution in [0.2, 0.25) is 0 Å². The number of hydrogen-bond donors (Lipinski definition) is 1. The highest BCUT2D eigenvalue weighted by Crippen LogP contribution is 2.42. The van der Waals surface area contributed by atoms with E-state index in [1.165, 1.54) is 0 Å². The number of piperidine rings is 1. The number of nitrogens with one attached hydrogen (secondary N) is 1. The van der Waals surface area contributed by atoms with Crippen LogP contribution in [-0.4, -0.2) is 48.2 Å². The first-order chi connectivity index (χ1) is 14.6. The van der Waals surface area contributed by atoms with Crippen molar-refractivity contribution in [1.82, 2.24) is 10.2 Å². The third kappa shape index (κ3) is 4.43. The van der Waals surface area contributed by atoms with Crippen LogP contribution >= 0.6 is 0 Å². The van der Waals surface area contributed by atoms with Crippen molar-refractivity contribution in [2.75, 3.05) is 19.7 Å². The standard InChI is InChI=1S/C21H24F4N2O4/c1-12(31-17-3-2-15(8-16(17)22)21(23,24)25)13-4-6-27(7-5-13)18(28)14-9-20(10-14)11-30-19(29)26-20/h2-3,8,12-14H,4-7,9-11H2,1H3,(H,26,29)/t12?,14-,20+. The van der Waals surface area contributed by atoms with Gasteiger partial charge in [-0.05, 0) is 56.7 Å². The maximum atomic E-state index is 14.0. The molecule has 0 aromatic heterocycles. The van der Waals surface area contributed by atoms with Crippen molar-refractivity contribution in [1.29, 1.82) is 0 Å². The van der Waals surface area contributed by atoms with Gasteiger partial charge in [0.2, 0.25) is 5.91 Å². The SMILES string of the molecule is CC(Oc1ccc(C(F)(F)F)cc1F)C1CCN(C(=O)[C@H]2C[C@]3(COC(=O)N3)C2)CC1. The van der Waals surface area contributed by atoms with Gasteiger partial charge in [-0.2, -0.15) is 13.2 Å². The second kappa shape index (κ2) is 7.87. The Hall–Kier alpha value is -2.52.